The second-order valence-corrected chi connectivity index (χ2v) is 8.70. The molecule has 4 unspecified atom stereocenters. The Balaban J connectivity index is 1.95. The fourth-order valence-electron chi connectivity index (χ4n) is 5.60. The predicted molar refractivity (Wildman–Crippen MR) is 103 cm³/mol. The molecule has 23 heavy (non-hydrogen) atoms. The largest absolute Gasteiger partial charge is 0.295 e. The summed E-state index contributed by atoms with van der Waals surface area (Å²) in [4.78, 5) is 3.00. The van der Waals surface area contributed by atoms with Gasteiger partial charge < -0.3 is 0 Å². The summed E-state index contributed by atoms with van der Waals surface area (Å²) < 4.78 is 0. The molecular weight excluding hydrogens is 278 g/mol. The quantitative estimate of drug-likeness (QED) is 0.422. The van der Waals surface area contributed by atoms with Crippen molar-refractivity contribution in [3.05, 3.63) is 0 Å². The summed E-state index contributed by atoms with van der Waals surface area (Å²) in [5, 5.41) is 0. The third-order valence-corrected chi connectivity index (χ3v) is 7.22. The molecule has 1 aliphatic carbocycles. The molecule has 1 heterocycles. The first-order valence-electron chi connectivity index (χ1n) is 10.9. The fraction of sp³-hybridized carbons (Fsp3) is 1.00. The van der Waals surface area contributed by atoms with E-state index in [1.165, 1.54) is 90.0 Å². The van der Waals surface area contributed by atoms with Gasteiger partial charge in [0.2, 0.25) is 0 Å². The van der Waals surface area contributed by atoms with E-state index in [2.05, 4.69) is 32.6 Å². The van der Waals surface area contributed by atoms with Gasteiger partial charge in [0.15, 0.2) is 0 Å². The van der Waals surface area contributed by atoms with Crippen LogP contribution in [0.25, 0.3) is 0 Å². The number of hydrogen-bond acceptors (Lipinski definition) is 1. The molecule has 2 fully saturated rings. The normalized spacial score (nSPS) is 35.2. The van der Waals surface area contributed by atoms with Gasteiger partial charge in [-0.25, -0.2) is 0 Å². The Bertz CT molecular complexity index is 326. The molecule has 0 aromatic rings. The zero-order chi connectivity index (χ0) is 16.7. The molecule has 0 bridgehead atoms. The van der Waals surface area contributed by atoms with E-state index in [0.29, 0.717) is 5.54 Å². The van der Waals surface area contributed by atoms with Crippen LogP contribution < -0.4 is 0 Å². The van der Waals surface area contributed by atoms with Crippen LogP contribution >= 0.6 is 0 Å². The smallest absolute Gasteiger partial charge is 0.0184 e. The van der Waals surface area contributed by atoms with Crippen molar-refractivity contribution in [3.8, 4) is 0 Å². The molecule has 1 saturated heterocycles. The second kappa shape index (κ2) is 9.44. The minimum absolute atomic E-state index is 0.475. The van der Waals surface area contributed by atoms with Gasteiger partial charge in [-0.15, -0.1) is 0 Å². The molecule has 0 radical (unpaired) electrons. The van der Waals surface area contributed by atoms with E-state index in [1.807, 2.05) is 0 Å². The van der Waals surface area contributed by atoms with Gasteiger partial charge in [-0.05, 0) is 57.4 Å². The van der Waals surface area contributed by atoms with Gasteiger partial charge >= 0.3 is 0 Å². The first-order chi connectivity index (χ1) is 11.2. The Labute approximate surface area is 146 Å². The number of unbranched alkanes of at least 4 members (excludes halogenated alkanes) is 5. The molecule has 2 aliphatic rings. The first-order valence-corrected chi connectivity index (χ1v) is 10.9. The Kier molecular flexibility index (Phi) is 7.92. The molecule has 0 amide bonds. The molecule has 0 N–H and O–H groups in total. The highest BCUT2D eigenvalue weighted by Gasteiger charge is 2.47. The van der Waals surface area contributed by atoms with Crippen LogP contribution in [-0.4, -0.2) is 23.0 Å². The van der Waals surface area contributed by atoms with Crippen LogP contribution in [0.3, 0.4) is 0 Å². The molecule has 0 aromatic carbocycles. The van der Waals surface area contributed by atoms with Gasteiger partial charge in [0.05, 0.1) is 0 Å². The van der Waals surface area contributed by atoms with E-state index in [4.69, 9.17) is 0 Å². The Hall–Kier alpha value is -0.0400. The topological polar surface area (TPSA) is 3.24 Å². The summed E-state index contributed by atoms with van der Waals surface area (Å²) in [7, 11) is 0. The van der Waals surface area contributed by atoms with Gasteiger partial charge in [-0.3, -0.25) is 4.90 Å². The summed E-state index contributed by atoms with van der Waals surface area (Å²) in [5.41, 5.74) is 0.475. The van der Waals surface area contributed by atoms with E-state index >= 15 is 0 Å². The lowest BCUT2D eigenvalue weighted by Gasteiger charge is -2.57. The monoisotopic (exact) mass is 321 g/mol. The molecule has 1 saturated carbocycles. The highest BCUT2D eigenvalue weighted by atomic mass is 15.2. The van der Waals surface area contributed by atoms with Gasteiger partial charge in [0.1, 0.15) is 0 Å². The van der Waals surface area contributed by atoms with Crippen LogP contribution in [0.5, 0.6) is 0 Å². The third-order valence-electron chi connectivity index (χ3n) is 7.22. The number of fused-ring (bicyclic) bond motifs is 1. The van der Waals surface area contributed by atoms with Crippen molar-refractivity contribution in [2.45, 2.75) is 123 Å². The summed E-state index contributed by atoms with van der Waals surface area (Å²) in [6.07, 6.45) is 18.7. The van der Waals surface area contributed by atoms with Crippen molar-refractivity contribution in [2.75, 3.05) is 6.54 Å². The van der Waals surface area contributed by atoms with Crippen LogP contribution in [0, 0.1) is 11.8 Å². The van der Waals surface area contributed by atoms with Crippen molar-refractivity contribution >= 4 is 0 Å². The Morgan fingerprint density at radius 1 is 0.913 bits per heavy atom. The lowest BCUT2D eigenvalue weighted by atomic mass is 9.65. The maximum absolute atomic E-state index is 3.00. The van der Waals surface area contributed by atoms with Gasteiger partial charge in [-0.1, -0.05) is 72.1 Å². The predicted octanol–water partition coefficient (Wildman–Crippen LogP) is 6.81. The van der Waals surface area contributed by atoms with Crippen LogP contribution in [0.4, 0.5) is 0 Å². The summed E-state index contributed by atoms with van der Waals surface area (Å²) in [5.74, 6) is 2.00. The lowest BCUT2D eigenvalue weighted by Crippen LogP contribution is -2.61. The number of hydrogen-bond donors (Lipinski definition) is 0. The fourth-order valence-corrected chi connectivity index (χ4v) is 5.60. The number of likely N-dealkylation sites (tertiary alicyclic amines) is 1. The summed E-state index contributed by atoms with van der Waals surface area (Å²) in [6, 6.07) is 0.906. The number of nitrogens with zero attached hydrogens (tertiary/aromatic N) is 1. The Morgan fingerprint density at radius 3 is 2.30 bits per heavy atom. The molecule has 0 spiro atoms. The molecule has 0 aromatic heterocycles. The zero-order valence-electron chi connectivity index (χ0n) is 16.6. The molecule has 2 rings (SSSR count). The highest BCUT2D eigenvalue weighted by Crippen LogP contribution is 2.47. The molecule has 136 valence electrons. The maximum atomic E-state index is 3.00. The van der Waals surface area contributed by atoms with Crippen molar-refractivity contribution < 1.29 is 0 Å². The standard InChI is InChI=1S/C22H43N/c1-5-8-9-10-11-14-17-23-21-16-13-12-15-20(21)19(6-2)18-22(23,4)7-3/h19-21H,5-18H2,1-4H3. The van der Waals surface area contributed by atoms with Gasteiger partial charge in [0, 0.05) is 11.6 Å². The van der Waals surface area contributed by atoms with E-state index in [1.54, 1.807) is 0 Å². The molecular formula is C22H43N. The average molecular weight is 322 g/mol. The second-order valence-electron chi connectivity index (χ2n) is 8.70. The van der Waals surface area contributed by atoms with Crippen molar-refractivity contribution in [1.29, 1.82) is 0 Å². The third kappa shape index (κ3) is 4.74. The van der Waals surface area contributed by atoms with Crippen LogP contribution in [0.15, 0.2) is 0 Å². The summed E-state index contributed by atoms with van der Waals surface area (Å²) in [6.45, 7) is 11.1. The van der Waals surface area contributed by atoms with Crippen LogP contribution in [-0.2, 0) is 0 Å². The summed E-state index contributed by atoms with van der Waals surface area (Å²) >= 11 is 0. The molecule has 4 atom stereocenters. The van der Waals surface area contributed by atoms with Crippen molar-refractivity contribution in [1.82, 2.24) is 4.90 Å². The number of rotatable bonds is 9. The van der Waals surface area contributed by atoms with Gasteiger partial charge in [0.25, 0.3) is 0 Å². The van der Waals surface area contributed by atoms with E-state index < -0.39 is 0 Å². The molecule has 1 nitrogen and oxygen atoms in total. The van der Waals surface area contributed by atoms with Gasteiger partial charge in [-0.2, -0.15) is 0 Å². The van der Waals surface area contributed by atoms with Crippen LogP contribution in [0.2, 0.25) is 0 Å². The minimum atomic E-state index is 0.475. The van der Waals surface area contributed by atoms with E-state index in [9.17, 15) is 0 Å². The zero-order valence-corrected chi connectivity index (χ0v) is 16.6. The van der Waals surface area contributed by atoms with Crippen LogP contribution in [0.1, 0.15) is 111 Å². The molecule has 1 heteroatoms. The first kappa shape index (κ1) is 19.3. The lowest BCUT2D eigenvalue weighted by molar-refractivity contribution is -0.0746. The maximum Gasteiger partial charge on any atom is 0.0184 e. The minimum Gasteiger partial charge on any atom is -0.295 e. The van der Waals surface area contributed by atoms with Crippen molar-refractivity contribution in [2.24, 2.45) is 11.8 Å². The van der Waals surface area contributed by atoms with E-state index in [-0.39, 0.29) is 0 Å². The highest BCUT2D eigenvalue weighted by molar-refractivity contribution is 5.01. The molecule has 1 aliphatic heterocycles. The van der Waals surface area contributed by atoms with E-state index in [0.717, 1.165) is 17.9 Å². The average Bonchev–Trinajstić information content (AvgIpc) is 2.59. The SMILES string of the molecule is CCCCCCCCN1C2CCCCC2C(CC)CC1(C)CC. The number of piperidine rings is 1. The Morgan fingerprint density at radius 2 is 1.61 bits per heavy atom. The van der Waals surface area contributed by atoms with Crippen molar-refractivity contribution in [3.63, 3.8) is 0 Å².